The third-order valence-corrected chi connectivity index (χ3v) is 8.56. The molecule has 0 radical (unpaired) electrons. The average Bonchev–Trinajstić information content (AvgIpc) is 2.94. The van der Waals surface area contributed by atoms with Crippen molar-refractivity contribution in [2.24, 2.45) is 28.1 Å². The molecule has 0 N–H and O–H groups in total. The first-order valence-electron chi connectivity index (χ1n) is 10.5. The zero-order valence-electron chi connectivity index (χ0n) is 17.6. The molecule has 0 heterocycles. The van der Waals surface area contributed by atoms with Crippen LogP contribution in [0.1, 0.15) is 53.4 Å². The number of halogens is 1. The summed E-state index contributed by atoms with van der Waals surface area (Å²) in [7, 11) is 0. The maximum absolute atomic E-state index is 15.2. The zero-order chi connectivity index (χ0) is 21.2. The Bertz CT molecular complexity index is 883. The number of alkyl halides is 1. The SMILES string of the molecule is CC(=O)OCC(=O)[C@@]1(C)CC[C@H]2[C@@H]3C[C@H](F)C4=CC(=O)C=C[C@]4(C)C3=CC[C@@]21C. The van der Waals surface area contributed by atoms with E-state index < -0.39 is 23.0 Å². The van der Waals surface area contributed by atoms with Crippen LogP contribution < -0.4 is 0 Å². The van der Waals surface area contributed by atoms with Crippen molar-refractivity contribution in [2.75, 3.05) is 6.61 Å². The first-order valence-corrected chi connectivity index (χ1v) is 10.5. The van der Waals surface area contributed by atoms with Crippen molar-refractivity contribution >= 4 is 17.5 Å². The summed E-state index contributed by atoms with van der Waals surface area (Å²) in [6, 6.07) is 0. The minimum Gasteiger partial charge on any atom is -0.458 e. The van der Waals surface area contributed by atoms with Gasteiger partial charge in [0.05, 0.1) is 0 Å². The van der Waals surface area contributed by atoms with Gasteiger partial charge < -0.3 is 4.74 Å². The lowest BCUT2D eigenvalue weighted by Crippen LogP contribution is -2.51. The van der Waals surface area contributed by atoms with Crippen LogP contribution in [0.25, 0.3) is 0 Å². The van der Waals surface area contributed by atoms with E-state index in [1.165, 1.54) is 18.6 Å². The summed E-state index contributed by atoms with van der Waals surface area (Å²) in [5.74, 6) is -0.407. The highest BCUT2D eigenvalue weighted by molar-refractivity contribution is 6.01. The number of carbonyl (C=O) groups is 3. The molecule has 0 aromatic carbocycles. The summed E-state index contributed by atoms with van der Waals surface area (Å²) in [5, 5.41) is 0. The molecule has 156 valence electrons. The number of Topliss-reactive ketones (excluding diaryl/α,β-unsaturated/α-hetero) is 1. The van der Waals surface area contributed by atoms with Crippen LogP contribution in [0.15, 0.2) is 35.5 Å². The largest absolute Gasteiger partial charge is 0.458 e. The van der Waals surface area contributed by atoms with Gasteiger partial charge in [-0.3, -0.25) is 14.4 Å². The lowest BCUT2D eigenvalue weighted by Gasteiger charge is -2.54. The Morgan fingerprint density at radius 1 is 1.24 bits per heavy atom. The van der Waals surface area contributed by atoms with Gasteiger partial charge in [-0.05, 0) is 67.6 Å². The average molecular weight is 400 g/mol. The van der Waals surface area contributed by atoms with E-state index in [1.54, 1.807) is 6.08 Å². The van der Waals surface area contributed by atoms with E-state index in [0.29, 0.717) is 12.0 Å². The Kier molecular flexibility index (Phi) is 4.52. The minimum absolute atomic E-state index is 0.0443. The topological polar surface area (TPSA) is 60.4 Å². The van der Waals surface area contributed by atoms with Gasteiger partial charge in [0.1, 0.15) is 6.17 Å². The lowest BCUT2D eigenvalue weighted by atomic mass is 9.49. The second kappa shape index (κ2) is 6.48. The van der Waals surface area contributed by atoms with Crippen LogP contribution in [-0.4, -0.2) is 30.3 Å². The second-order valence-corrected chi connectivity index (χ2v) is 9.81. The fourth-order valence-corrected chi connectivity index (χ4v) is 6.57. The molecule has 0 unspecified atom stereocenters. The number of ether oxygens (including phenoxy) is 1. The summed E-state index contributed by atoms with van der Waals surface area (Å²) in [4.78, 5) is 36.1. The molecule has 29 heavy (non-hydrogen) atoms. The molecular weight excluding hydrogens is 371 g/mol. The number of hydrogen-bond acceptors (Lipinski definition) is 4. The molecular formula is C24H29FO4. The maximum Gasteiger partial charge on any atom is 0.303 e. The number of allylic oxidation sites excluding steroid dienone is 6. The van der Waals surface area contributed by atoms with Gasteiger partial charge in [0.25, 0.3) is 0 Å². The molecule has 0 aliphatic heterocycles. The monoisotopic (exact) mass is 400 g/mol. The standard InChI is InChI=1S/C24H29FO4/c1-14(26)29-13-21(28)24(4)10-7-18-16-12-20(25)19-11-15(27)5-8-22(19,2)17(16)6-9-23(18,24)3/h5-6,8,11,16,18,20H,7,9-10,12-13H2,1-4H3/t16-,18+,20+,22-,23+,24-/m1/s1. The lowest BCUT2D eigenvalue weighted by molar-refractivity contribution is -0.152. The normalized spacial score (nSPS) is 42.9. The number of rotatable bonds is 3. The van der Waals surface area contributed by atoms with E-state index in [4.69, 9.17) is 4.74 Å². The molecule has 5 heteroatoms. The Morgan fingerprint density at radius 2 is 1.97 bits per heavy atom. The molecule has 0 aromatic heterocycles. The van der Waals surface area contributed by atoms with Crippen LogP contribution in [0.4, 0.5) is 4.39 Å². The highest BCUT2D eigenvalue weighted by atomic mass is 19.1. The van der Waals surface area contributed by atoms with Crippen LogP contribution in [0, 0.1) is 28.1 Å². The summed E-state index contributed by atoms with van der Waals surface area (Å²) >= 11 is 0. The fraction of sp³-hybridized carbons (Fsp3) is 0.625. The fourth-order valence-electron chi connectivity index (χ4n) is 6.57. The second-order valence-electron chi connectivity index (χ2n) is 9.81. The van der Waals surface area contributed by atoms with Crippen molar-refractivity contribution < 1.29 is 23.5 Å². The van der Waals surface area contributed by atoms with Gasteiger partial charge >= 0.3 is 5.97 Å². The van der Waals surface area contributed by atoms with E-state index >= 15 is 4.39 Å². The van der Waals surface area contributed by atoms with Crippen LogP contribution in [0.2, 0.25) is 0 Å². The molecule has 4 rings (SSSR count). The first-order chi connectivity index (χ1) is 13.5. The molecule has 4 nitrogen and oxygen atoms in total. The molecule has 2 fully saturated rings. The number of hydrogen-bond donors (Lipinski definition) is 0. The number of esters is 1. The third kappa shape index (κ3) is 2.72. The van der Waals surface area contributed by atoms with Crippen molar-refractivity contribution in [3.63, 3.8) is 0 Å². The van der Waals surface area contributed by atoms with E-state index in [-0.39, 0.29) is 35.4 Å². The minimum atomic E-state index is -1.15. The van der Waals surface area contributed by atoms with Crippen molar-refractivity contribution in [2.45, 2.75) is 59.5 Å². The number of ketones is 2. The van der Waals surface area contributed by atoms with Gasteiger partial charge in [-0.25, -0.2) is 4.39 Å². The van der Waals surface area contributed by atoms with Crippen LogP contribution in [0.5, 0.6) is 0 Å². The van der Waals surface area contributed by atoms with Gasteiger partial charge in [0.2, 0.25) is 0 Å². The van der Waals surface area contributed by atoms with Gasteiger partial charge in [-0.15, -0.1) is 0 Å². The first kappa shape index (κ1) is 20.2. The quantitative estimate of drug-likeness (QED) is 0.523. The molecule has 0 aromatic rings. The van der Waals surface area contributed by atoms with Gasteiger partial charge in [-0.1, -0.05) is 31.6 Å². The summed E-state index contributed by atoms with van der Waals surface area (Å²) in [6.45, 7) is 7.25. The van der Waals surface area contributed by atoms with Crippen molar-refractivity contribution in [1.82, 2.24) is 0 Å². The Balaban J connectivity index is 1.70. The number of fused-ring (bicyclic) bond motifs is 5. The smallest absolute Gasteiger partial charge is 0.303 e. The van der Waals surface area contributed by atoms with Crippen molar-refractivity contribution in [3.8, 4) is 0 Å². The van der Waals surface area contributed by atoms with Gasteiger partial charge in [0.15, 0.2) is 18.2 Å². The Labute approximate surface area is 171 Å². The van der Waals surface area contributed by atoms with Crippen molar-refractivity contribution in [3.05, 3.63) is 35.5 Å². The van der Waals surface area contributed by atoms with Gasteiger partial charge in [-0.2, -0.15) is 0 Å². The predicted molar refractivity (Wildman–Crippen MR) is 107 cm³/mol. The number of carbonyl (C=O) groups excluding carboxylic acids is 3. The molecule has 0 saturated heterocycles. The predicted octanol–water partition coefficient (Wildman–Crippen LogP) is 4.30. The maximum atomic E-state index is 15.2. The molecule has 0 amide bonds. The van der Waals surface area contributed by atoms with Crippen LogP contribution in [0.3, 0.4) is 0 Å². The van der Waals surface area contributed by atoms with Crippen LogP contribution >= 0.6 is 0 Å². The Morgan fingerprint density at radius 3 is 2.66 bits per heavy atom. The van der Waals surface area contributed by atoms with Gasteiger partial charge in [0, 0.05) is 17.8 Å². The summed E-state index contributed by atoms with van der Waals surface area (Å²) in [6.07, 6.45) is 8.59. The zero-order valence-corrected chi connectivity index (χ0v) is 17.6. The van der Waals surface area contributed by atoms with E-state index in [2.05, 4.69) is 13.0 Å². The molecule has 0 spiro atoms. The van der Waals surface area contributed by atoms with E-state index in [9.17, 15) is 14.4 Å². The molecule has 4 aliphatic carbocycles. The molecule has 2 saturated carbocycles. The van der Waals surface area contributed by atoms with E-state index in [1.807, 2.05) is 19.9 Å². The van der Waals surface area contributed by atoms with Crippen molar-refractivity contribution in [1.29, 1.82) is 0 Å². The summed E-state index contributed by atoms with van der Waals surface area (Å²) < 4.78 is 20.3. The third-order valence-electron chi connectivity index (χ3n) is 8.56. The van der Waals surface area contributed by atoms with Crippen LogP contribution in [-0.2, 0) is 19.1 Å². The molecule has 0 bridgehead atoms. The molecule has 4 aliphatic rings. The Hall–Kier alpha value is -2.04. The molecule has 6 atom stereocenters. The highest BCUT2D eigenvalue weighted by Crippen LogP contribution is 2.68. The summed E-state index contributed by atoms with van der Waals surface area (Å²) in [5.41, 5.74) is 0.307. The highest BCUT2D eigenvalue weighted by Gasteiger charge is 2.63. The van der Waals surface area contributed by atoms with E-state index in [0.717, 1.165) is 19.3 Å².